The van der Waals surface area contributed by atoms with E-state index in [0.717, 1.165) is 23.2 Å². The first kappa shape index (κ1) is 16.8. The fourth-order valence-corrected chi connectivity index (χ4v) is 6.64. The minimum absolute atomic E-state index is 0.564. The molecule has 2 fully saturated rings. The number of nitrogens with zero attached hydrogens (tertiary/aromatic N) is 4. The van der Waals surface area contributed by atoms with E-state index in [1.165, 1.54) is 41.3 Å². The van der Waals surface area contributed by atoms with Gasteiger partial charge in [-0.25, -0.2) is 9.29 Å². The number of rotatable bonds is 4. The highest BCUT2D eigenvalue weighted by atomic mass is 32.2. The van der Waals surface area contributed by atoms with Crippen LogP contribution in [0.2, 0.25) is 12.6 Å². The second-order valence-electron chi connectivity index (χ2n) is 7.86. The van der Waals surface area contributed by atoms with Gasteiger partial charge in [0.1, 0.15) is 0 Å². The second kappa shape index (κ2) is 6.70. The van der Waals surface area contributed by atoms with E-state index in [-0.39, 0.29) is 0 Å². The van der Waals surface area contributed by atoms with E-state index in [9.17, 15) is 0 Å². The molecule has 3 aromatic rings. The van der Waals surface area contributed by atoms with Gasteiger partial charge in [-0.1, -0.05) is 25.5 Å². The number of hydrogen-bond donors (Lipinski definition) is 0. The molecular formula is C19H23BN4S2. The zero-order valence-electron chi connectivity index (χ0n) is 15.2. The van der Waals surface area contributed by atoms with Crippen LogP contribution in [0.25, 0.3) is 10.2 Å². The Bertz CT molecular complexity index is 909. The molecule has 134 valence electrons. The topological polar surface area (TPSA) is 34.0 Å². The minimum Gasteiger partial charge on any atom is -0.346 e. The third-order valence-electron chi connectivity index (χ3n) is 6.26. The van der Waals surface area contributed by atoms with Crippen LogP contribution in [0.15, 0.2) is 41.0 Å². The number of fused-ring (bicyclic) bond motifs is 2. The maximum Gasteiger partial charge on any atom is 0.222 e. The second-order valence-corrected chi connectivity index (χ2v) is 9.91. The van der Waals surface area contributed by atoms with Crippen LogP contribution in [0, 0.1) is 11.8 Å². The number of hydrogen-bond acceptors (Lipinski definition) is 5. The number of thiazole rings is 1. The number of benzene rings is 1. The maximum absolute atomic E-state index is 4.59. The van der Waals surface area contributed by atoms with E-state index >= 15 is 0 Å². The Morgan fingerprint density at radius 2 is 2.00 bits per heavy atom. The van der Waals surface area contributed by atoms with Gasteiger partial charge < -0.3 is 4.57 Å². The molecule has 5 rings (SSSR count). The Balaban J connectivity index is 1.22. The molecule has 1 aliphatic carbocycles. The standard InChI is InChI=1S/C19H23BN4S2/c1-20(19-21-5-6-23(19)2)15-7-13-10-24(11-14(13)8-15)26-16-3-4-18-17(9-16)22-12-25-18/h3-6,9,12-15H,7-8,10-11H2,1-2H3/t13-,14?,15?/m1/s1. The van der Waals surface area contributed by atoms with Gasteiger partial charge in [0.15, 0.2) is 0 Å². The summed E-state index contributed by atoms with van der Waals surface area (Å²) in [6.45, 7) is 5.36. The summed E-state index contributed by atoms with van der Waals surface area (Å²) in [5, 5.41) is 0. The summed E-state index contributed by atoms with van der Waals surface area (Å²) in [7, 11) is 2.12. The molecule has 1 saturated heterocycles. The summed E-state index contributed by atoms with van der Waals surface area (Å²) in [6, 6.07) is 6.68. The molecule has 2 unspecified atom stereocenters. The SMILES string of the molecule is CB(c1nccn1C)C1CC2CN(Sc3ccc4scnc4c3)C[C@H]2C1. The highest BCUT2D eigenvalue weighted by Gasteiger charge is 2.44. The quantitative estimate of drug-likeness (QED) is 0.508. The molecule has 3 atom stereocenters. The van der Waals surface area contributed by atoms with Gasteiger partial charge in [0, 0.05) is 37.4 Å². The summed E-state index contributed by atoms with van der Waals surface area (Å²) in [4.78, 5) is 10.4. The Labute approximate surface area is 163 Å². The molecule has 3 heterocycles. The molecule has 7 heteroatoms. The lowest BCUT2D eigenvalue weighted by atomic mass is 9.41. The Morgan fingerprint density at radius 1 is 1.19 bits per heavy atom. The lowest BCUT2D eigenvalue weighted by Gasteiger charge is -2.20. The van der Waals surface area contributed by atoms with Gasteiger partial charge in [-0.3, -0.25) is 4.98 Å². The van der Waals surface area contributed by atoms with E-state index in [4.69, 9.17) is 0 Å². The molecule has 26 heavy (non-hydrogen) atoms. The highest BCUT2D eigenvalue weighted by molar-refractivity contribution is 7.97. The normalized spacial score (nSPS) is 25.8. The van der Waals surface area contributed by atoms with Crippen molar-refractivity contribution in [2.45, 2.75) is 30.4 Å². The molecule has 0 radical (unpaired) electrons. The molecule has 2 aromatic heterocycles. The third kappa shape index (κ3) is 3.00. The largest absolute Gasteiger partial charge is 0.346 e. The van der Waals surface area contributed by atoms with Gasteiger partial charge in [0.2, 0.25) is 6.71 Å². The van der Waals surface area contributed by atoms with E-state index in [2.05, 4.69) is 57.1 Å². The monoisotopic (exact) mass is 382 g/mol. The van der Waals surface area contributed by atoms with Crippen molar-refractivity contribution in [1.82, 2.24) is 18.8 Å². The molecular weight excluding hydrogens is 359 g/mol. The van der Waals surface area contributed by atoms with Crippen LogP contribution in [-0.2, 0) is 7.05 Å². The predicted octanol–water partition coefficient (Wildman–Crippen LogP) is 3.78. The van der Waals surface area contributed by atoms with Crippen LogP contribution in [0.4, 0.5) is 0 Å². The van der Waals surface area contributed by atoms with Gasteiger partial charge in [-0.05, 0) is 42.0 Å². The number of aromatic nitrogens is 3. The van der Waals surface area contributed by atoms with Crippen LogP contribution in [0.5, 0.6) is 0 Å². The van der Waals surface area contributed by atoms with Crippen molar-refractivity contribution in [2.75, 3.05) is 13.1 Å². The minimum atomic E-state index is 0.564. The van der Waals surface area contributed by atoms with Crippen LogP contribution in [0.3, 0.4) is 0 Å². The van der Waals surface area contributed by atoms with Crippen molar-refractivity contribution < 1.29 is 0 Å². The lowest BCUT2D eigenvalue weighted by molar-refractivity contribution is 0.494. The molecule has 0 spiro atoms. The van der Waals surface area contributed by atoms with Crippen molar-refractivity contribution in [3.05, 3.63) is 36.1 Å². The molecule has 0 N–H and O–H groups in total. The smallest absolute Gasteiger partial charge is 0.222 e. The average Bonchev–Trinajstić information content (AvgIpc) is 3.36. The van der Waals surface area contributed by atoms with E-state index in [1.54, 1.807) is 11.3 Å². The van der Waals surface area contributed by atoms with Crippen molar-refractivity contribution in [3.63, 3.8) is 0 Å². The van der Waals surface area contributed by atoms with Crippen molar-refractivity contribution in [1.29, 1.82) is 0 Å². The Hall–Kier alpha value is -1.31. The maximum atomic E-state index is 4.59. The zero-order valence-corrected chi connectivity index (χ0v) is 16.8. The Kier molecular flexibility index (Phi) is 4.34. The lowest BCUT2D eigenvalue weighted by Crippen LogP contribution is -2.38. The van der Waals surface area contributed by atoms with Crippen LogP contribution in [-0.4, -0.2) is 38.6 Å². The van der Waals surface area contributed by atoms with Gasteiger partial charge >= 0.3 is 0 Å². The van der Waals surface area contributed by atoms with E-state index < -0.39 is 0 Å². The van der Waals surface area contributed by atoms with E-state index in [1.807, 2.05) is 23.7 Å². The van der Waals surface area contributed by atoms with Gasteiger partial charge in [0.25, 0.3) is 0 Å². The van der Waals surface area contributed by atoms with E-state index in [0.29, 0.717) is 6.71 Å². The molecule has 1 aromatic carbocycles. The molecule has 1 aliphatic heterocycles. The summed E-state index contributed by atoms with van der Waals surface area (Å²) in [6.07, 6.45) is 6.69. The number of aryl methyl sites for hydroxylation is 1. The first-order valence-electron chi connectivity index (χ1n) is 9.41. The van der Waals surface area contributed by atoms with Crippen LogP contribution >= 0.6 is 23.3 Å². The van der Waals surface area contributed by atoms with Crippen molar-refractivity contribution in [3.8, 4) is 0 Å². The fraction of sp³-hybridized carbons (Fsp3) is 0.474. The first-order chi connectivity index (χ1) is 12.7. The van der Waals surface area contributed by atoms with Crippen LogP contribution in [0.1, 0.15) is 12.8 Å². The molecule has 2 aliphatic rings. The highest BCUT2D eigenvalue weighted by Crippen LogP contribution is 2.48. The molecule has 0 amide bonds. The summed E-state index contributed by atoms with van der Waals surface area (Å²) in [5.41, 5.74) is 4.31. The van der Waals surface area contributed by atoms with Gasteiger partial charge in [-0.2, -0.15) is 0 Å². The Morgan fingerprint density at radius 3 is 2.73 bits per heavy atom. The first-order valence-corrected chi connectivity index (χ1v) is 11.1. The predicted molar refractivity (Wildman–Crippen MR) is 111 cm³/mol. The third-order valence-corrected chi connectivity index (χ3v) is 8.09. The van der Waals surface area contributed by atoms with Crippen molar-refractivity contribution in [2.24, 2.45) is 18.9 Å². The van der Waals surface area contributed by atoms with Gasteiger partial charge in [0.05, 0.1) is 21.5 Å². The van der Waals surface area contributed by atoms with Crippen molar-refractivity contribution >= 4 is 45.9 Å². The molecule has 4 nitrogen and oxygen atoms in total. The summed E-state index contributed by atoms with van der Waals surface area (Å²) in [5.74, 6) is 2.47. The fourth-order valence-electron chi connectivity index (χ4n) is 4.86. The molecule has 1 saturated carbocycles. The molecule has 0 bridgehead atoms. The summed E-state index contributed by atoms with van der Waals surface area (Å²) < 4.78 is 6.04. The van der Waals surface area contributed by atoms with Crippen LogP contribution < -0.4 is 5.72 Å². The van der Waals surface area contributed by atoms with Gasteiger partial charge in [-0.15, -0.1) is 11.3 Å². The number of imidazole rings is 1. The summed E-state index contributed by atoms with van der Waals surface area (Å²) >= 11 is 3.63. The average molecular weight is 382 g/mol. The zero-order chi connectivity index (χ0) is 17.7.